The van der Waals surface area contributed by atoms with Crippen molar-refractivity contribution in [1.82, 2.24) is 9.80 Å². The maximum Gasteiger partial charge on any atom is 0.233 e. The van der Waals surface area contributed by atoms with Crippen molar-refractivity contribution in [3.8, 4) is 0 Å². The molecule has 2 aliphatic rings. The van der Waals surface area contributed by atoms with Crippen LogP contribution in [0.1, 0.15) is 24.0 Å². The Morgan fingerprint density at radius 3 is 2.50 bits per heavy atom. The number of hydrogen-bond donors (Lipinski definition) is 0. The van der Waals surface area contributed by atoms with Gasteiger partial charge in [-0.1, -0.05) is 24.3 Å². The van der Waals surface area contributed by atoms with Crippen molar-refractivity contribution in [2.75, 3.05) is 27.2 Å². The van der Waals surface area contributed by atoms with Gasteiger partial charge in [0.25, 0.3) is 0 Å². The number of benzene rings is 1. The lowest BCUT2D eigenvalue weighted by atomic mass is 9.68. The Bertz CT molecular complexity index is 475. The van der Waals surface area contributed by atoms with Gasteiger partial charge < -0.3 is 9.80 Å². The van der Waals surface area contributed by atoms with Crippen LogP contribution in [0.5, 0.6) is 0 Å². The summed E-state index contributed by atoms with van der Waals surface area (Å²) in [6.07, 6.45) is 1.90. The number of likely N-dealkylation sites (N-methyl/N-ethyl adjacent to an activating group) is 1. The SMILES string of the molecule is CN1CCC2(CC1)C(=O)N(C)Cc1ccccc12. The number of nitrogens with zero attached hydrogens (tertiary/aromatic N) is 2. The second-order valence-electron chi connectivity index (χ2n) is 5.70. The molecule has 0 aliphatic carbocycles. The topological polar surface area (TPSA) is 23.6 Å². The molecule has 2 aliphatic heterocycles. The van der Waals surface area contributed by atoms with Crippen LogP contribution in [-0.4, -0.2) is 42.9 Å². The molecule has 1 aromatic rings. The van der Waals surface area contributed by atoms with Crippen LogP contribution in [0.2, 0.25) is 0 Å². The van der Waals surface area contributed by atoms with Crippen molar-refractivity contribution in [2.24, 2.45) is 0 Å². The molecular formula is C15H20N2O. The summed E-state index contributed by atoms with van der Waals surface area (Å²) in [5, 5.41) is 0. The lowest BCUT2D eigenvalue weighted by Crippen LogP contribution is -2.54. The first-order chi connectivity index (χ1) is 8.63. The smallest absolute Gasteiger partial charge is 0.233 e. The fraction of sp³-hybridized carbons (Fsp3) is 0.533. The third kappa shape index (κ3) is 1.57. The van der Waals surface area contributed by atoms with Crippen LogP contribution in [0.25, 0.3) is 0 Å². The average molecular weight is 244 g/mol. The standard InChI is InChI=1S/C15H20N2O/c1-16-9-7-15(8-10-16)13-6-4-3-5-12(13)11-17(2)14(15)18/h3-6H,7-11H2,1-2H3. The van der Waals surface area contributed by atoms with Gasteiger partial charge in [0.2, 0.25) is 5.91 Å². The van der Waals surface area contributed by atoms with E-state index < -0.39 is 0 Å². The first kappa shape index (κ1) is 11.7. The fourth-order valence-corrected chi connectivity index (χ4v) is 3.42. The molecule has 0 unspecified atom stereocenters. The van der Waals surface area contributed by atoms with Crippen molar-refractivity contribution in [1.29, 1.82) is 0 Å². The molecule has 1 saturated heterocycles. The van der Waals surface area contributed by atoms with Gasteiger partial charge in [0.05, 0.1) is 5.41 Å². The van der Waals surface area contributed by atoms with Crippen LogP contribution in [0, 0.1) is 0 Å². The molecule has 0 saturated carbocycles. The number of amides is 1. The highest BCUT2D eigenvalue weighted by Gasteiger charge is 2.47. The highest BCUT2D eigenvalue weighted by atomic mass is 16.2. The number of rotatable bonds is 0. The van der Waals surface area contributed by atoms with Gasteiger partial charge in [0, 0.05) is 13.6 Å². The third-order valence-electron chi connectivity index (χ3n) is 4.54. The van der Waals surface area contributed by atoms with E-state index >= 15 is 0 Å². The van der Waals surface area contributed by atoms with Crippen LogP contribution in [0.3, 0.4) is 0 Å². The summed E-state index contributed by atoms with van der Waals surface area (Å²) in [5.41, 5.74) is 2.35. The molecule has 1 fully saturated rings. The summed E-state index contributed by atoms with van der Waals surface area (Å²) >= 11 is 0. The normalized spacial score (nSPS) is 23.2. The first-order valence-electron chi connectivity index (χ1n) is 6.66. The summed E-state index contributed by atoms with van der Waals surface area (Å²) in [6.45, 7) is 2.77. The molecule has 1 aromatic carbocycles. The van der Waals surface area contributed by atoms with Crippen LogP contribution in [0.15, 0.2) is 24.3 Å². The van der Waals surface area contributed by atoms with Crippen molar-refractivity contribution in [3.63, 3.8) is 0 Å². The predicted octanol–water partition coefficient (Wildman–Crippen LogP) is 1.62. The molecule has 96 valence electrons. The van der Waals surface area contributed by atoms with Crippen LogP contribution >= 0.6 is 0 Å². The van der Waals surface area contributed by atoms with Crippen LogP contribution in [0.4, 0.5) is 0 Å². The van der Waals surface area contributed by atoms with Crippen LogP contribution < -0.4 is 0 Å². The molecule has 0 radical (unpaired) electrons. The molecule has 3 heteroatoms. The number of fused-ring (bicyclic) bond motifs is 2. The quantitative estimate of drug-likeness (QED) is 0.692. The minimum atomic E-state index is -0.254. The Kier molecular flexibility index (Phi) is 2.67. The second-order valence-corrected chi connectivity index (χ2v) is 5.70. The van der Waals surface area contributed by atoms with Gasteiger partial charge in [-0.3, -0.25) is 4.79 Å². The Morgan fingerprint density at radius 1 is 1.11 bits per heavy atom. The van der Waals surface area contributed by atoms with E-state index in [2.05, 4.69) is 36.2 Å². The predicted molar refractivity (Wildman–Crippen MR) is 71.3 cm³/mol. The van der Waals surface area contributed by atoms with E-state index in [9.17, 15) is 4.79 Å². The molecule has 3 rings (SSSR count). The number of piperidine rings is 1. The van der Waals surface area contributed by atoms with E-state index in [1.54, 1.807) is 0 Å². The van der Waals surface area contributed by atoms with Gasteiger partial charge >= 0.3 is 0 Å². The second kappa shape index (κ2) is 4.09. The van der Waals surface area contributed by atoms with Gasteiger partial charge in [-0.15, -0.1) is 0 Å². The fourth-order valence-electron chi connectivity index (χ4n) is 3.42. The van der Waals surface area contributed by atoms with Gasteiger partial charge in [0.1, 0.15) is 0 Å². The van der Waals surface area contributed by atoms with Crippen molar-refractivity contribution in [3.05, 3.63) is 35.4 Å². The van der Waals surface area contributed by atoms with E-state index in [-0.39, 0.29) is 5.41 Å². The number of likely N-dealkylation sites (tertiary alicyclic amines) is 1. The highest BCUT2D eigenvalue weighted by Crippen LogP contribution is 2.41. The van der Waals surface area contributed by atoms with E-state index in [4.69, 9.17) is 0 Å². The molecule has 3 nitrogen and oxygen atoms in total. The van der Waals surface area contributed by atoms with Gasteiger partial charge in [0.15, 0.2) is 0 Å². The number of hydrogen-bond acceptors (Lipinski definition) is 2. The summed E-state index contributed by atoms with van der Waals surface area (Å²) < 4.78 is 0. The molecule has 18 heavy (non-hydrogen) atoms. The zero-order valence-corrected chi connectivity index (χ0v) is 11.1. The van der Waals surface area contributed by atoms with Crippen molar-refractivity contribution in [2.45, 2.75) is 24.8 Å². The Hall–Kier alpha value is -1.35. The Labute approximate surface area is 108 Å². The first-order valence-corrected chi connectivity index (χ1v) is 6.66. The van der Waals surface area contributed by atoms with E-state index in [0.717, 1.165) is 32.5 Å². The Morgan fingerprint density at radius 2 is 1.78 bits per heavy atom. The molecule has 0 bridgehead atoms. The van der Waals surface area contributed by atoms with E-state index in [0.29, 0.717) is 5.91 Å². The van der Waals surface area contributed by atoms with Crippen molar-refractivity contribution >= 4 is 5.91 Å². The van der Waals surface area contributed by atoms with Crippen molar-refractivity contribution < 1.29 is 4.79 Å². The molecule has 1 amide bonds. The van der Waals surface area contributed by atoms with Gasteiger partial charge in [-0.2, -0.15) is 0 Å². The lowest BCUT2D eigenvalue weighted by Gasteiger charge is -2.46. The lowest BCUT2D eigenvalue weighted by molar-refractivity contribution is -0.140. The largest absolute Gasteiger partial charge is 0.341 e. The van der Waals surface area contributed by atoms with E-state index in [1.807, 2.05) is 11.9 Å². The summed E-state index contributed by atoms with van der Waals surface area (Å²) in [6, 6.07) is 8.46. The maximum atomic E-state index is 12.7. The zero-order chi connectivity index (χ0) is 12.8. The Balaban J connectivity index is 2.09. The minimum absolute atomic E-state index is 0.254. The summed E-state index contributed by atoms with van der Waals surface area (Å²) in [7, 11) is 4.06. The monoisotopic (exact) mass is 244 g/mol. The summed E-state index contributed by atoms with van der Waals surface area (Å²) in [4.78, 5) is 16.9. The maximum absolute atomic E-state index is 12.7. The summed E-state index contributed by atoms with van der Waals surface area (Å²) in [5.74, 6) is 0.314. The molecule has 1 spiro atoms. The highest BCUT2D eigenvalue weighted by molar-refractivity contribution is 5.90. The molecular weight excluding hydrogens is 224 g/mol. The van der Waals surface area contributed by atoms with Crippen LogP contribution in [-0.2, 0) is 16.8 Å². The molecule has 0 aromatic heterocycles. The zero-order valence-electron chi connectivity index (χ0n) is 11.1. The number of carbonyl (C=O) groups excluding carboxylic acids is 1. The van der Waals surface area contributed by atoms with E-state index in [1.165, 1.54) is 11.1 Å². The number of carbonyl (C=O) groups is 1. The van der Waals surface area contributed by atoms with Gasteiger partial charge in [-0.05, 0) is 44.1 Å². The third-order valence-corrected chi connectivity index (χ3v) is 4.54. The molecule has 0 N–H and O–H groups in total. The van der Waals surface area contributed by atoms with Gasteiger partial charge in [-0.25, -0.2) is 0 Å². The molecule has 2 heterocycles. The average Bonchev–Trinajstić information content (AvgIpc) is 2.39. The minimum Gasteiger partial charge on any atom is -0.341 e. The molecule has 0 atom stereocenters.